The van der Waals surface area contributed by atoms with Crippen molar-refractivity contribution in [2.24, 2.45) is 0 Å². The highest BCUT2D eigenvalue weighted by Crippen LogP contribution is 2.30. The molecular weight excluding hydrogens is 482 g/mol. The molecule has 35 heavy (non-hydrogen) atoms. The van der Waals surface area contributed by atoms with E-state index in [1.54, 1.807) is 60.7 Å². The number of rotatable bonds is 7. The van der Waals surface area contributed by atoms with Crippen LogP contribution in [0, 0.1) is 0 Å². The summed E-state index contributed by atoms with van der Waals surface area (Å²) in [5.41, 5.74) is 1.71. The van der Waals surface area contributed by atoms with Gasteiger partial charge in [-0.25, -0.2) is 12.4 Å². The van der Waals surface area contributed by atoms with Gasteiger partial charge in [0.15, 0.2) is 0 Å². The molecule has 5 rings (SSSR count). The molecule has 0 saturated heterocycles. The molecule has 1 heterocycles. The number of aromatic nitrogens is 1. The second-order valence-electron chi connectivity index (χ2n) is 7.95. The summed E-state index contributed by atoms with van der Waals surface area (Å²) in [5.74, 6) is 0.118. The Bertz CT molecular complexity index is 1630. The molecule has 0 amide bonds. The monoisotopic (exact) mass is 501 g/mol. The van der Waals surface area contributed by atoms with E-state index in [-0.39, 0.29) is 10.6 Å². The van der Waals surface area contributed by atoms with E-state index < -0.39 is 15.8 Å². The molecule has 5 aromatic rings. The van der Waals surface area contributed by atoms with Gasteiger partial charge in [-0.3, -0.25) is 4.79 Å². The number of nitrogens with zero attached hydrogens (tertiary/aromatic N) is 1. The number of ether oxygens (including phenoxy) is 1. The molecule has 0 aliphatic heterocycles. The van der Waals surface area contributed by atoms with Crippen molar-refractivity contribution >= 4 is 38.3 Å². The Hall–Kier alpha value is -3.87. The molecule has 0 bridgehead atoms. The zero-order valence-corrected chi connectivity index (χ0v) is 20.0. The Morgan fingerprint density at radius 3 is 2.23 bits per heavy atom. The highest BCUT2D eigenvalue weighted by molar-refractivity contribution is 7.90. The second-order valence-corrected chi connectivity index (χ2v) is 10.2. The molecule has 4 aromatic carbocycles. The highest BCUT2D eigenvalue weighted by Gasteiger charge is 2.27. The van der Waals surface area contributed by atoms with Crippen LogP contribution in [-0.2, 0) is 16.6 Å². The predicted octanol–water partition coefficient (Wildman–Crippen LogP) is 6.34. The number of halogens is 1. The van der Waals surface area contributed by atoms with Crippen molar-refractivity contribution in [2.45, 2.75) is 11.5 Å². The van der Waals surface area contributed by atoms with Gasteiger partial charge in [-0.15, -0.1) is 0 Å². The number of ketones is 1. The molecule has 1 aromatic heterocycles. The van der Waals surface area contributed by atoms with E-state index in [0.29, 0.717) is 33.8 Å². The molecule has 0 aliphatic carbocycles. The van der Waals surface area contributed by atoms with Crippen molar-refractivity contribution in [3.8, 4) is 5.75 Å². The van der Waals surface area contributed by atoms with Gasteiger partial charge < -0.3 is 4.74 Å². The van der Waals surface area contributed by atoms with Gasteiger partial charge in [0.05, 0.1) is 10.4 Å². The average Bonchev–Trinajstić information content (AvgIpc) is 3.28. The van der Waals surface area contributed by atoms with Crippen LogP contribution in [0.15, 0.2) is 114 Å². The third-order valence-electron chi connectivity index (χ3n) is 5.58. The Balaban J connectivity index is 1.63. The summed E-state index contributed by atoms with van der Waals surface area (Å²) in [7, 11) is -4.06. The lowest BCUT2D eigenvalue weighted by Gasteiger charge is -2.12. The highest BCUT2D eigenvalue weighted by atomic mass is 35.5. The van der Waals surface area contributed by atoms with E-state index in [4.69, 9.17) is 16.3 Å². The van der Waals surface area contributed by atoms with Gasteiger partial charge in [-0.1, -0.05) is 72.3 Å². The van der Waals surface area contributed by atoms with Gasteiger partial charge >= 0.3 is 0 Å². The largest absolute Gasteiger partial charge is 0.489 e. The van der Waals surface area contributed by atoms with Gasteiger partial charge in [-0.05, 0) is 54.1 Å². The molecule has 0 N–H and O–H groups in total. The molecular formula is C28H20ClNO4S. The van der Waals surface area contributed by atoms with Gasteiger partial charge in [0.1, 0.15) is 18.1 Å². The molecule has 0 unspecified atom stereocenters. The Morgan fingerprint density at radius 2 is 1.51 bits per heavy atom. The smallest absolute Gasteiger partial charge is 0.268 e. The minimum Gasteiger partial charge on any atom is -0.489 e. The van der Waals surface area contributed by atoms with Gasteiger partial charge in [0.2, 0.25) is 5.78 Å². The third kappa shape index (κ3) is 4.58. The van der Waals surface area contributed by atoms with Crippen LogP contribution in [0.25, 0.3) is 10.9 Å². The van der Waals surface area contributed by atoms with Crippen molar-refractivity contribution in [3.05, 3.63) is 131 Å². The van der Waals surface area contributed by atoms with Crippen molar-refractivity contribution in [2.75, 3.05) is 0 Å². The quantitative estimate of drug-likeness (QED) is 0.244. The zero-order chi connectivity index (χ0) is 24.4. The molecule has 0 saturated carbocycles. The van der Waals surface area contributed by atoms with Gasteiger partial charge in [0, 0.05) is 16.0 Å². The molecule has 0 spiro atoms. The first-order valence-electron chi connectivity index (χ1n) is 10.9. The summed E-state index contributed by atoms with van der Waals surface area (Å²) >= 11 is 6.09. The van der Waals surface area contributed by atoms with Gasteiger partial charge in [0.25, 0.3) is 10.0 Å². The number of benzene rings is 4. The van der Waals surface area contributed by atoms with E-state index in [1.807, 2.05) is 30.3 Å². The van der Waals surface area contributed by atoms with Crippen LogP contribution in [-0.4, -0.2) is 18.2 Å². The normalized spacial score (nSPS) is 11.5. The van der Waals surface area contributed by atoms with E-state index in [9.17, 15) is 13.2 Å². The van der Waals surface area contributed by atoms with Crippen LogP contribution >= 0.6 is 11.6 Å². The van der Waals surface area contributed by atoms with Crippen molar-refractivity contribution < 1.29 is 17.9 Å². The molecule has 174 valence electrons. The topological polar surface area (TPSA) is 65.4 Å². The lowest BCUT2D eigenvalue weighted by atomic mass is 10.1. The van der Waals surface area contributed by atoms with Crippen LogP contribution < -0.4 is 4.74 Å². The minimum atomic E-state index is -4.06. The van der Waals surface area contributed by atoms with E-state index in [0.717, 1.165) is 9.54 Å². The van der Waals surface area contributed by atoms with Crippen LogP contribution in [0.1, 0.15) is 21.6 Å². The number of hydrogen-bond donors (Lipinski definition) is 0. The van der Waals surface area contributed by atoms with Crippen LogP contribution in [0.4, 0.5) is 0 Å². The number of hydrogen-bond acceptors (Lipinski definition) is 4. The number of fused-ring (bicyclic) bond motifs is 1. The summed E-state index contributed by atoms with van der Waals surface area (Å²) < 4.78 is 34.4. The fraction of sp³-hybridized carbons (Fsp3) is 0.0357. The Labute approximate surface area is 208 Å². The first-order chi connectivity index (χ1) is 16.9. The SMILES string of the molecule is O=C(c1cccc(Cl)c1)c1cc2cc(OCc3ccccc3)ccc2n1S(=O)(=O)c1ccccc1. The fourth-order valence-corrected chi connectivity index (χ4v) is 5.61. The summed E-state index contributed by atoms with van der Waals surface area (Å²) in [6.07, 6.45) is 0. The second kappa shape index (κ2) is 9.41. The van der Waals surface area contributed by atoms with E-state index in [1.165, 1.54) is 18.2 Å². The van der Waals surface area contributed by atoms with Crippen LogP contribution in [0.3, 0.4) is 0 Å². The molecule has 0 radical (unpaired) electrons. The minimum absolute atomic E-state index is 0.0197. The van der Waals surface area contributed by atoms with E-state index in [2.05, 4.69) is 0 Å². The standard InChI is InChI=1S/C28H20ClNO4S/c29-23-11-7-10-21(16-23)28(31)27-18-22-17-24(34-19-20-8-3-1-4-9-20)14-15-26(22)30(27)35(32,33)25-12-5-2-6-13-25/h1-18H,19H2. The van der Waals surface area contributed by atoms with Crippen molar-refractivity contribution in [1.82, 2.24) is 3.97 Å². The molecule has 0 atom stereocenters. The first-order valence-corrected chi connectivity index (χ1v) is 12.7. The number of carbonyl (C=O) groups excluding carboxylic acids is 1. The lowest BCUT2D eigenvalue weighted by molar-refractivity contribution is 0.103. The maximum absolute atomic E-state index is 13.7. The fourth-order valence-electron chi connectivity index (χ4n) is 3.89. The van der Waals surface area contributed by atoms with Crippen molar-refractivity contribution in [1.29, 1.82) is 0 Å². The summed E-state index contributed by atoms with van der Waals surface area (Å²) in [5, 5.41) is 0.960. The molecule has 7 heteroatoms. The van der Waals surface area contributed by atoms with E-state index >= 15 is 0 Å². The van der Waals surface area contributed by atoms with Gasteiger partial charge in [-0.2, -0.15) is 0 Å². The zero-order valence-electron chi connectivity index (χ0n) is 18.5. The summed E-state index contributed by atoms with van der Waals surface area (Å²) in [6, 6.07) is 30.9. The summed E-state index contributed by atoms with van der Waals surface area (Å²) in [4.78, 5) is 13.6. The van der Waals surface area contributed by atoms with Crippen LogP contribution in [0.2, 0.25) is 5.02 Å². The average molecular weight is 502 g/mol. The Kier molecular flexibility index (Phi) is 6.16. The maximum atomic E-state index is 13.7. The van der Waals surface area contributed by atoms with Crippen LogP contribution in [0.5, 0.6) is 5.75 Å². The maximum Gasteiger partial charge on any atom is 0.268 e. The molecule has 0 fully saturated rings. The Morgan fingerprint density at radius 1 is 0.800 bits per heavy atom. The summed E-state index contributed by atoms with van der Waals surface area (Å²) in [6.45, 7) is 0.365. The lowest BCUT2D eigenvalue weighted by Crippen LogP contribution is -2.19. The third-order valence-corrected chi connectivity index (χ3v) is 7.56. The van der Waals surface area contributed by atoms with Crippen molar-refractivity contribution in [3.63, 3.8) is 0 Å². The molecule has 0 aliphatic rings. The first kappa shape index (κ1) is 22.9. The predicted molar refractivity (Wildman–Crippen MR) is 137 cm³/mol. The number of carbonyl (C=O) groups is 1. The molecule has 5 nitrogen and oxygen atoms in total.